The Labute approximate surface area is 182 Å². The summed E-state index contributed by atoms with van der Waals surface area (Å²) in [4.78, 5) is 11.9. The standard InChI is InChI=1S/C25H31F3O3/c1-4-5-6-7-8-9-18-30-21-14-10-19(11-15-21)20-12-16-22(17-13-20)31-23(29)24(2,3)25(26,27)28/h10-17H,4-9,18H2,1-3H3. The lowest BCUT2D eigenvalue weighted by Crippen LogP contribution is -2.42. The molecule has 3 nitrogen and oxygen atoms in total. The molecular weight excluding hydrogens is 405 g/mol. The number of ether oxygens (including phenoxy) is 2. The first-order valence-corrected chi connectivity index (χ1v) is 10.8. The molecule has 0 saturated carbocycles. The van der Waals surface area contributed by atoms with Crippen molar-refractivity contribution in [2.24, 2.45) is 5.41 Å². The summed E-state index contributed by atoms with van der Waals surface area (Å²) >= 11 is 0. The van der Waals surface area contributed by atoms with Crippen molar-refractivity contribution in [2.75, 3.05) is 6.61 Å². The Hall–Kier alpha value is -2.50. The zero-order valence-corrected chi connectivity index (χ0v) is 18.4. The van der Waals surface area contributed by atoms with Gasteiger partial charge < -0.3 is 9.47 Å². The normalized spacial score (nSPS) is 11.9. The molecule has 6 heteroatoms. The van der Waals surface area contributed by atoms with Crippen LogP contribution in [0.25, 0.3) is 11.1 Å². The highest BCUT2D eigenvalue weighted by atomic mass is 19.4. The maximum absolute atomic E-state index is 13.0. The fourth-order valence-corrected chi connectivity index (χ4v) is 2.88. The van der Waals surface area contributed by atoms with Gasteiger partial charge in [0.1, 0.15) is 11.5 Å². The molecule has 0 spiro atoms. The van der Waals surface area contributed by atoms with Crippen LogP contribution >= 0.6 is 0 Å². The Bertz CT molecular complexity index is 809. The summed E-state index contributed by atoms with van der Waals surface area (Å²) in [6, 6.07) is 14.0. The van der Waals surface area contributed by atoms with Gasteiger partial charge in [0, 0.05) is 0 Å². The van der Waals surface area contributed by atoms with Gasteiger partial charge in [0.25, 0.3) is 0 Å². The zero-order chi connectivity index (χ0) is 22.9. The van der Waals surface area contributed by atoms with E-state index >= 15 is 0 Å². The number of benzene rings is 2. The molecule has 31 heavy (non-hydrogen) atoms. The molecule has 0 atom stereocenters. The third-order valence-electron chi connectivity index (χ3n) is 5.24. The average molecular weight is 437 g/mol. The van der Waals surface area contributed by atoms with Gasteiger partial charge in [-0.3, -0.25) is 4.79 Å². The van der Waals surface area contributed by atoms with E-state index in [1.165, 1.54) is 44.2 Å². The van der Waals surface area contributed by atoms with Crippen molar-refractivity contribution in [1.82, 2.24) is 0 Å². The van der Waals surface area contributed by atoms with Gasteiger partial charge in [0.05, 0.1) is 6.61 Å². The second kappa shape index (κ2) is 11.2. The first-order valence-electron chi connectivity index (χ1n) is 10.8. The van der Waals surface area contributed by atoms with Crippen LogP contribution in [0.15, 0.2) is 48.5 Å². The summed E-state index contributed by atoms with van der Waals surface area (Å²) in [5.74, 6) is -0.457. The van der Waals surface area contributed by atoms with Crippen molar-refractivity contribution >= 4 is 5.97 Å². The molecule has 0 radical (unpaired) electrons. The van der Waals surface area contributed by atoms with E-state index in [9.17, 15) is 18.0 Å². The molecule has 170 valence electrons. The minimum atomic E-state index is -4.68. The van der Waals surface area contributed by atoms with Gasteiger partial charge in [-0.25, -0.2) is 0 Å². The van der Waals surface area contributed by atoms with E-state index in [0.29, 0.717) is 6.61 Å². The Morgan fingerprint density at radius 3 is 1.77 bits per heavy atom. The van der Waals surface area contributed by atoms with Crippen LogP contribution in [0.4, 0.5) is 13.2 Å². The van der Waals surface area contributed by atoms with Crippen molar-refractivity contribution in [3.63, 3.8) is 0 Å². The third-order valence-corrected chi connectivity index (χ3v) is 5.24. The van der Waals surface area contributed by atoms with Gasteiger partial charge in [-0.15, -0.1) is 0 Å². The predicted molar refractivity (Wildman–Crippen MR) is 116 cm³/mol. The van der Waals surface area contributed by atoms with Crippen LogP contribution in [0.1, 0.15) is 59.3 Å². The molecule has 0 fully saturated rings. The molecule has 0 aromatic heterocycles. The third kappa shape index (κ3) is 7.30. The van der Waals surface area contributed by atoms with Crippen molar-refractivity contribution < 1.29 is 27.4 Å². The Morgan fingerprint density at radius 2 is 1.26 bits per heavy atom. The zero-order valence-electron chi connectivity index (χ0n) is 18.4. The number of alkyl halides is 3. The molecule has 0 amide bonds. The van der Waals surface area contributed by atoms with Crippen LogP contribution in [0, 0.1) is 5.41 Å². The Morgan fingerprint density at radius 1 is 0.774 bits per heavy atom. The highest BCUT2D eigenvalue weighted by Crippen LogP contribution is 2.38. The van der Waals surface area contributed by atoms with E-state index in [1.54, 1.807) is 12.1 Å². The molecule has 2 rings (SSSR count). The molecule has 0 bridgehead atoms. The molecule has 0 aliphatic heterocycles. The topological polar surface area (TPSA) is 35.5 Å². The SMILES string of the molecule is CCCCCCCCOc1ccc(-c2ccc(OC(=O)C(C)(C)C(F)(F)F)cc2)cc1. The smallest absolute Gasteiger partial charge is 0.404 e. The highest BCUT2D eigenvalue weighted by Gasteiger charge is 2.54. The number of hydrogen-bond acceptors (Lipinski definition) is 3. The van der Waals surface area contributed by atoms with E-state index in [0.717, 1.165) is 37.1 Å². The number of esters is 1. The predicted octanol–water partition coefficient (Wildman–Crippen LogP) is 7.59. The molecule has 0 saturated heterocycles. The number of hydrogen-bond donors (Lipinski definition) is 0. The Kier molecular flexibility index (Phi) is 8.96. The van der Waals surface area contributed by atoms with Crippen LogP contribution in [0.5, 0.6) is 11.5 Å². The number of rotatable bonds is 11. The second-order valence-electron chi connectivity index (χ2n) is 8.18. The number of carbonyl (C=O) groups excluding carboxylic acids is 1. The van der Waals surface area contributed by atoms with Crippen molar-refractivity contribution in [2.45, 2.75) is 65.5 Å². The molecule has 0 aliphatic carbocycles. The molecule has 0 N–H and O–H groups in total. The number of carbonyl (C=O) groups is 1. The minimum absolute atomic E-state index is 0.0740. The minimum Gasteiger partial charge on any atom is -0.494 e. The van der Waals surface area contributed by atoms with E-state index in [4.69, 9.17) is 9.47 Å². The maximum atomic E-state index is 13.0. The monoisotopic (exact) mass is 436 g/mol. The van der Waals surface area contributed by atoms with E-state index in [1.807, 2.05) is 24.3 Å². The quantitative estimate of drug-likeness (QED) is 0.207. The highest BCUT2D eigenvalue weighted by molar-refractivity contribution is 5.79. The first-order chi connectivity index (χ1) is 14.6. The van der Waals surface area contributed by atoms with Gasteiger partial charge >= 0.3 is 12.1 Å². The van der Waals surface area contributed by atoms with Crippen LogP contribution in [0.3, 0.4) is 0 Å². The molecular formula is C25H31F3O3. The molecule has 2 aromatic carbocycles. The van der Waals surface area contributed by atoms with Gasteiger partial charge in [-0.2, -0.15) is 13.2 Å². The van der Waals surface area contributed by atoms with Crippen molar-refractivity contribution in [1.29, 1.82) is 0 Å². The van der Waals surface area contributed by atoms with Crippen LogP contribution in [-0.4, -0.2) is 18.8 Å². The van der Waals surface area contributed by atoms with Crippen molar-refractivity contribution in [3.05, 3.63) is 48.5 Å². The van der Waals surface area contributed by atoms with Gasteiger partial charge in [0.2, 0.25) is 0 Å². The Balaban J connectivity index is 1.87. The van der Waals surface area contributed by atoms with Crippen molar-refractivity contribution in [3.8, 4) is 22.6 Å². The average Bonchev–Trinajstić information content (AvgIpc) is 2.73. The molecule has 0 aliphatic rings. The van der Waals surface area contributed by atoms with Gasteiger partial charge in [-0.1, -0.05) is 63.3 Å². The van der Waals surface area contributed by atoms with E-state index in [-0.39, 0.29) is 5.75 Å². The summed E-state index contributed by atoms with van der Waals surface area (Å²) in [6.07, 6.45) is 2.59. The summed E-state index contributed by atoms with van der Waals surface area (Å²) in [5.41, 5.74) is -0.783. The number of halogens is 3. The maximum Gasteiger partial charge on any atom is 0.404 e. The lowest BCUT2D eigenvalue weighted by atomic mass is 9.93. The van der Waals surface area contributed by atoms with Gasteiger partial charge in [0.15, 0.2) is 5.41 Å². The fraction of sp³-hybridized carbons (Fsp3) is 0.480. The fourth-order valence-electron chi connectivity index (χ4n) is 2.88. The molecule has 0 heterocycles. The summed E-state index contributed by atoms with van der Waals surface area (Å²) in [6.45, 7) is 4.51. The first kappa shape index (κ1) is 24.8. The van der Waals surface area contributed by atoms with E-state index < -0.39 is 17.6 Å². The van der Waals surface area contributed by atoms with E-state index in [2.05, 4.69) is 6.92 Å². The largest absolute Gasteiger partial charge is 0.494 e. The summed E-state index contributed by atoms with van der Waals surface area (Å²) < 4.78 is 49.6. The second-order valence-corrected chi connectivity index (χ2v) is 8.18. The van der Waals surface area contributed by atoms with Crippen LogP contribution in [-0.2, 0) is 4.79 Å². The lowest BCUT2D eigenvalue weighted by molar-refractivity contribution is -0.219. The lowest BCUT2D eigenvalue weighted by Gasteiger charge is -2.25. The molecule has 0 unspecified atom stereocenters. The van der Waals surface area contributed by atoms with Crippen LogP contribution in [0.2, 0.25) is 0 Å². The summed E-state index contributed by atoms with van der Waals surface area (Å²) in [5, 5.41) is 0. The van der Waals surface area contributed by atoms with Crippen LogP contribution < -0.4 is 9.47 Å². The molecule has 2 aromatic rings. The number of unbranched alkanes of at least 4 members (excludes halogenated alkanes) is 5. The summed E-state index contributed by atoms with van der Waals surface area (Å²) in [7, 11) is 0. The van der Waals surface area contributed by atoms with Gasteiger partial charge in [-0.05, 0) is 55.7 Å².